The summed E-state index contributed by atoms with van der Waals surface area (Å²) in [5, 5.41) is 1.63. The Morgan fingerprint density at radius 2 is 2.12 bits per heavy atom. The van der Waals surface area contributed by atoms with Crippen LogP contribution >= 0.6 is 0 Å². The molecule has 0 saturated carbocycles. The van der Waals surface area contributed by atoms with E-state index in [-0.39, 0.29) is 5.56 Å². The van der Waals surface area contributed by atoms with E-state index in [1.54, 1.807) is 7.11 Å². The lowest BCUT2D eigenvalue weighted by Gasteiger charge is -2.07. The molecule has 0 atom stereocenters. The molecule has 1 N–H and O–H groups in total. The number of benzene rings is 1. The number of pyridine rings is 1. The van der Waals surface area contributed by atoms with Gasteiger partial charge in [-0.25, -0.2) is 0 Å². The monoisotopic (exact) mass is 229 g/mol. The Morgan fingerprint density at radius 3 is 2.76 bits per heavy atom. The molecule has 0 aliphatic heterocycles. The number of aryl methyl sites for hydroxylation is 1. The molecule has 0 saturated heterocycles. The van der Waals surface area contributed by atoms with Gasteiger partial charge >= 0.3 is 0 Å². The summed E-state index contributed by atoms with van der Waals surface area (Å²) in [6, 6.07) is 7.71. The highest BCUT2D eigenvalue weighted by Gasteiger charge is 2.04. The minimum atomic E-state index is -0.0617. The summed E-state index contributed by atoms with van der Waals surface area (Å²) in [6.07, 6.45) is 1.88. The number of ether oxygens (including phenoxy) is 1. The summed E-state index contributed by atoms with van der Waals surface area (Å²) in [5.74, 6) is 0.770. The number of aromatic amines is 1. The molecule has 0 radical (unpaired) electrons. The lowest BCUT2D eigenvalue weighted by molar-refractivity contribution is 0.369. The molecule has 3 nitrogen and oxygen atoms in total. The van der Waals surface area contributed by atoms with Gasteiger partial charge in [0.1, 0.15) is 5.76 Å². The van der Waals surface area contributed by atoms with Crippen molar-refractivity contribution in [1.82, 2.24) is 4.98 Å². The van der Waals surface area contributed by atoms with Crippen molar-refractivity contribution in [3.63, 3.8) is 0 Å². The number of hydrogen-bond acceptors (Lipinski definition) is 2. The summed E-state index contributed by atoms with van der Waals surface area (Å²) in [5.41, 5.74) is 1.72. The van der Waals surface area contributed by atoms with Crippen molar-refractivity contribution < 1.29 is 4.74 Å². The van der Waals surface area contributed by atoms with E-state index in [2.05, 4.69) is 4.98 Å². The quantitative estimate of drug-likeness (QED) is 0.804. The second-order valence-electron chi connectivity index (χ2n) is 3.94. The molecule has 0 fully saturated rings. The Bertz CT molecular complexity index is 638. The van der Waals surface area contributed by atoms with Gasteiger partial charge in [-0.05, 0) is 37.4 Å². The topological polar surface area (TPSA) is 42.1 Å². The van der Waals surface area contributed by atoms with Gasteiger partial charge in [0.15, 0.2) is 0 Å². The van der Waals surface area contributed by atoms with Gasteiger partial charge in [0.05, 0.1) is 7.11 Å². The van der Waals surface area contributed by atoms with E-state index in [4.69, 9.17) is 4.74 Å². The van der Waals surface area contributed by atoms with Crippen molar-refractivity contribution in [3.05, 3.63) is 52.0 Å². The lowest BCUT2D eigenvalue weighted by atomic mass is 10.1. The van der Waals surface area contributed by atoms with Crippen LogP contribution in [0.4, 0.5) is 0 Å². The van der Waals surface area contributed by atoms with Gasteiger partial charge < -0.3 is 9.72 Å². The number of H-pyrrole nitrogens is 1. The molecule has 0 spiro atoms. The molecule has 0 amide bonds. The van der Waals surface area contributed by atoms with Crippen LogP contribution in [0.1, 0.15) is 18.2 Å². The van der Waals surface area contributed by atoms with Gasteiger partial charge in [-0.3, -0.25) is 4.79 Å². The van der Waals surface area contributed by atoms with E-state index in [0.29, 0.717) is 5.39 Å². The average molecular weight is 229 g/mol. The summed E-state index contributed by atoms with van der Waals surface area (Å²) >= 11 is 0. The molecule has 1 aromatic heterocycles. The maximum absolute atomic E-state index is 11.8. The van der Waals surface area contributed by atoms with Crippen molar-refractivity contribution in [2.24, 2.45) is 0 Å². The van der Waals surface area contributed by atoms with Crippen LogP contribution in [-0.2, 0) is 4.74 Å². The molecule has 2 aromatic rings. The van der Waals surface area contributed by atoms with Crippen molar-refractivity contribution in [2.45, 2.75) is 13.8 Å². The fourth-order valence-electron chi connectivity index (χ4n) is 1.95. The molecule has 3 heteroatoms. The summed E-state index contributed by atoms with van der Waals surface area (Å²) < 4.78 is 5.25. The molecular formula is C14H15NO2. The van der Waals surface area contributed by atoms with E-state index < -0.39 is 0 Å². The molecule has 0 unspecified atom stereocenters. The van der Waals surface area contributed by atoms with Crippen LogP contribution in [0.3, 0.4) is 0 Å². The number of methoxy groups -OCH3 is 1. The van der Waals surface area contributed by atoms with E-state index in [1.807, 2.05) is 44.2 Å². The summed E-state index contributed by atoms with van der Waals surface area (Å²) in [6.45, 7) is 3.78. The van der Waals surface area contributed by atoms with Crippen molar-refractivity contribution in [2.75, 3.05) is 7.11 Å². The zero-order chi connectivity index (χ0) is 12.4. The Balaban J connectivity index is 2.70. The Hall–Kier alpha value is -2.03. The molecule has 0 aliphatic rings. The van der Waals surface area contributed by atoms with Crippen LogP contribution in [0.2, 0.25) is 0 Å². The first-order valence-corrected chi connectivity index (χ1v) is 5.50. The van der Waals surface area contributed by atoms with E-state index >= 15 is 0 Å². The predicted molar refractivity (Wildman–Crippen MR) is 70.0 cm³/mol. The lowest BCUT2D eigenvalue weighted by Crippen LogP contribution is -2.07. The fraction of sp³-hybridized carbons (Fsp3) is 0.214. The van der Waals surface area contributed by atoms with E-state index in [9.17, 15) is 4.79 Å². The summed E-state index contributed by atoms with van der Waals surface area (Å²) in [7, 11) is 1.62. The van der Waals surface area contributed by atoms with Gasteiger partial charge in [0, 0.05) is 16.6 Å². The SMILES string of the molecule is C/C=C(\OC)c1ccc2cc(C)[nH]c(=O)c2c1. The van der Waals surface area contributed by atoms with Gasteiger partial charge in [-0.15, -0.1) is 0 Å². The Kier molecular flexibility index (Phi) is 3.00. The van der Waals surface area contributed by atoms with Gasteiger partial charge in [0.25, 0.3) is 5.56 Å². The first-order valence-electron chi connectivity index (χ1n) is 5.50. The van der Waals surface area contributed by atoms with Crippen LogP contribution in [0, 0.1) is 6.92 Å². The molecule has 17 heavy (non-hydrogen) atoms. The number of hydrogen-bond donors (Lipinski definition) is 1. The average Bonchev–Trinajstić information content (AvgIpc) is 2.31. The molecule has 1 heterocycles. The smallest absolute Gasteiger partial charge is 0.256 e. The minimum Gasteiger partial charge on any atom is -0.496 e. The highest BCUT2D eigenvalue weighted by molar-refractivity contribution is 5.85. The number of aromatic nitrogens is 1. The van der Waals surface area contributed by atoms with Crippen molar-refractivity contribution in [1.29, 1.82) is 0 Å². The minimum absolute atomic E-state index is 0.0617. The standard InChI is InChI=1S/C14H15NO2/c1-4-13(17-3)11-6-5-10-7-9(2)15-14(16)12(10)8-11/h4-8H,1-3H3,(H,15,16)/b13-4-. The Morgan fingerprint density at radius 1 is 1.35 bits per heavy atom. The number of rotatable bonds is 2. The fourth-order valence-corrected chi connectivity index (χ4v) is 1.95. The van der Waals surface area contributed by atoms with Crippen LogP contribution in [0.15, 0.2) is 35.1 Å². The largest absolute Gasteiger partial charge is 0.496 e. The third kappa shape index (κ3) is 2.09. The van der Waals surface area contributed by atoms with Gasteiger partial charge in [0.2, 0.25) is 0 Å². The van der Waals surface area contributed by atoms with Gasteiger partial charge in [-0.2, -0.15) is 0 Å². The molecular weight excluding hydrogens is 214 g/mol. The molecule has 0 bridgehead atoms. The normalized spacial score (nSPS) is 11.8. The van der Waals surface area contributed by atoms with Crippen LogP contribution < -0.4 is 5.56 Å². The third-order valence-corrected chi connectivity index (χ3v) is 2.75. The second kappa shape index (κ2) is 4.45. The first kappa shape index (κ1) is 11.5. The van der Waals surface area contributed by atoms with Gasteiger partial charge in [-0.1, -0.05) is 12.1 Å². The Labute approximate surface area is 99.7 Å². The zero-order valence-corrected chi connectivity index (χ0v) is 10.2. The maximum Gasteiger partial charge on any atom is 0.256 e. The molecule has 0 aliphatic carbocycles. The molecule has 2 rings (SSSR count). The van der Waals surface area contributed by atoms with Crippen molar-refractivity contribution >= 4 is 16.5 Å². The highest BCUT2D eigenvalue weighted by Crippen LogP contribution is 2.19. The summed E-state index contributed by atoms with van der Waals surface area (Å²) in [4.78, 5) is 14.6. The molecule has 88 valence electrons. The van der Waals surface area contributed by atoms with E-state index in [1.165, 1.54) is 0 Å². The first-order chi connectivity index (χ1) is 8.15. The van der Waals surface area contributed by atoms with Crippen LogP contribution in [0.25, 0.3) is 16.5 Å². The predicted octanol–water partition coefficient (Wildman–Crippen LogP) is 2.84. The maximum atomic E-state index is 11.8. The van der Waals surface area contributed by atoms with Crippen molar-refractivity contribution in [3.8, 4) is 0 Å². The van der Waals surface area contributed by atoms with Crippen LogP contribution in [-0.4, -0.2) is 12.1 Å². The molecule has 1 aromatic carbocycles. The second-order valence-corrected chi connectivity index (χ2v) is 3.94. The number of nitrogens with one attached hydrogen (secondary N) is 1. The van der Waals surface area contributed by atoms with E-state index in [0.717, 1.165) is 22.4 Å². The highest BCUT2D eigenvalue weighted by atomic mass is 16.5. The number of allylic oxidation sites excluding steroid dienone is 1. The third-order valence-electron chi connectivity index (χ3n) is 2.75. The zero-order valence-electron chi connectivity index (χ0n) is 10.2. The van der Waals surface area contributed by atoms with Crippen LogP contribution in [0.5, 0.6) is 0 Å². The number of fused-ring (bicyclic) bond motifs is 1.